The van der Waals surface area contributed by atoms with Crippen molar-refractivity contribution < 1.29 is 9.18 Å². The maximum atomic E-state index is 14.4. The molecule has 32 heavy (non-hydrogen) atoms. The van der Waals surface area contributed by atoms with Gasteiger partial charge in [-0.25, -0.2) is 13.9 Å². The number of amides is 1. The van der Waals surface area contributed by atoms with E-state index < -0.39 is 5.82 Å². The Kier molecular flexibility index (Phi) is 5.17. The molecule has 0 radical (unpaired) electrons. The molecule has 1 aliphatic rings. The summed E-state index contributed by atoms with van der Waals surface area (Å²) in [5.41, 5.74) is 8.90. The van der Waals surface area contributed by atoms with Crippen LogP contribution in [0.3, 0.4) is 0 Å². The second-order valence-electron chi connectivity index (χ2n) is 7.79. The Morgan fingerprint density at radius 3 is 2.91 bits per heavy atom. The number of pyridine rings is 1. The van der Waals surface area contributed by atoms with Crippen LogP contribution < -0.4 is 5.73 Å². The lowest BCUT2D eigenvalue weighted by molar-refractivity contribution is 0.0714. The number of hydrogen-bond acceptors (Lipinski definition) is 6. The summed E-state index contributed by atoms with van der Waals surface area (Å²) in [4.78, 5) is 20.7. The lowest BCUT2D eigenvalue weighted by atomic mass is 10.0. The molecule has 0 spiro atoms. The maximum Gasteiger partial charge on any atom is 0.264 e. The van der Waals surface area contributed by atoms with Crippen LogP contribution in [-0.4, -0.2) is 44.5 Å². The third-order valence-corrected chi connectivity index (χ3v) is 6.80. The number of carbonyl (C=O) groups is 1. The Hall–Kier alpha value is -3.61. The highest BCUT2D eigenvalue weighted by Gasteiger charge is 2.26. The van der Waals surface area contributed by atoms with Gasteiger partial charge in [0.25, 0.3) is 5.91 Å². The highest BCUT2D eigenvalue weighted by Crippen LogP contribution is 2.40. The summed E-state index contributed by atoms with van der Waals surface area (Å²) in [7, 11) is 0. The first-order chi connectivity index (χ1) is 15.5. The average molecular weight is 447 g/mol. The Morgan fingerprint density at radius 1 is 1.25 bits per heavy atom. The van der Waals surface area contributed by atoms with Gasteiger partial charge >= 0.3 is 0 Å². The number of halogens is 1. The van der Waals surface area contributed by atoms with Crippen molar-refractivity contribution in [2.24, 2.45) is 5.73 Å². The van der Waals surface area contributed by atoms with Crippen LogP contribution in [0.15, 0.2) is 48.9 Å². The van der Waals surface area contributed by atoms with Gasteiger partial charge in [-0.15, -0.1) is 11.3 Å². The zero-order valence-corrected chi connectivity index (χ0v) is 17.8. The van der Waals surface area contributed by atoms with Gasteiger partial charge in [0.15, 0.2) is 5.65 Å². The summed E-state index contributed by atoms with van der Waals surface area (Å²) < 4.78 is 16.1. The summed E-state index contributed by atoms with van der Waals surface area (Å²) >= 11 is 1.36. The Morgan fingerprint density at radius 2 is 2.12 bits per heavy atom. The lowest BCUT2D eigenvalue weighted by Crippen LogP contribution is -2.45. The minimum absolute atomic E-state index is 0.0189. The normalized spacial score (nSPS) is 16.3. The number of aromatic nitrogens is 3. The smallest absolute Gasteiger partial charge is 0.264 e. The average Bonchev–Trinajstić information content (AvgIpc) is 3.45. The van der Waals surface area contributed by atoms with Crippen molar-refractivity contribution in [3.05, 3.63) is 65.2 Å². The number of thiophene rings is 1. The molecule has 2 N–H and O–H groups in total. The minimum atomic E-state index is -0.593. The summed E-state index contributed by atoms with van der Waals surface area (Å²) in [5, 5.41) is 13.2. The second-order valence-corrected chi connectivity index (χ2v) is 8.84. The van der Waals surface area contributed by atoms with E-state index in [0.29, 0.717) is 29.2 Å². The fourth-order valence-electron chi connectivity index (χ4n) is 4.01. The molecule has 1 amide bonds. The molecule has 7 nitrogen and oxygen atoms in total. The van der Waals surface area contributed by atoms with Crippen LogP contribution in [-0.2, 0) is 0 Å². The fraction of sp³-hybridized carbons (Fsp3) is 0.217. The molecule has 0 bridgehead atoms. The van der Waals surface area contributed by atoms with E-state index in [2.05, 4.69) is 10.1 Å². The van der Waals surface area contributed by atoms with Crippen LogP contribution in [0.25, 0.3) is 27.2 Å². The van der Waals surface area contributed by atoms with Crippen molar-refractivity contribution in [2.75, 3.05) is 13.1 Å². The molecule has 160 valence electrons. The number of nitrogens with two attached hydrogens (primary N) is 1. The van der Waals surface area contributed by atoms with Crippen LogP contribution >= 0.6 is 11.3 Å². The first kappa shape index (κ1) is 20.3. The number of benzene rings is 1. The Balaban J connectivity index is 1.62. The molecule has 1 atom stereocenters. The van der Waals surface area contributed by atoms with Crippen LogP contribution in [0.2, 0.25) is 0 Å². The Labute approximate surface area is 187 Å². The third kappa shape index (κ3) is 3.64. The molecule has 3 aromatic heterocycles. The van der Waals surface area contributed by atoms with E-state index in [9.17, 15) is 9.18 Å². The number of nitrogens with zero attached hydrogens (tertiary/aromatic N) is 5. The molecule has 0 saturated carbocycles. The topological polar surface area (TPSA) is 100 Å². The van der Waals surface area contributed by atoms with Crippen molar-refractivity contribution in [1.82, 2.24) is 19.5 Å². The van der Waals surface area contributed by atoms with E-state index >= 15 is 0 Å². The standard InChI is InChI=1S/C23H19FN6OS/c24-19-8-14(3-4-16(19)11-25)18-10-20(23(31)29-6-1-2-17(26)12-29)32-22(18)15-5-7-30-21(9-15)27-13-28-30/h3-5,7-10,13,17H,1-2,6,12,26H2/t17-/m1/s1. The monoisotopic (exact) mass is 446 g/mol. The highest BCUT2D eigenvalue weighted by molar-refractivity contribution is 7.18. The summed E-state index contributed by atoms with van der Waals surface area (Å²) in [6, 6.07) is 11.9. The van der Waals surface area contributed by atoms with E-state index in [1.54, 1.807) is 27.7 Å². The lowest BCUT2D eigenvalue weighted by Gasteiger charge is -2.30. The van der Waals surface area contributed by atoms with Gasteiger partial charge in [-0.3, -0.25) is 4.79 Å². The number of rotatable bonds is 3. The predicted octanol–water partition coefficient (Wildman–Crippen LogP) is 3.70. The van der Waals surface area contributed by atoms with Crippen molar-refractivity contribution in [3.8, 4) is 27.6 Å². The van der Waals surface area contributed by atoms with E-state index in [4.69, 9.17) is 11.0 Å². The number of likely N-dealkylation sites (tertiary alicyclic amines) is 1. The molecule has 1 aromatic carbocycles. The van der Waals surface area contributed by atoms with E-state index in [-0.39, 0.29) is 17.5 Å². The number of fused-ring (bicyclic) bond motifs is 1. The van der Waals surface area contributed by atoms with Gasteiger partial charge in [0.1, 0.15) is 18.2 Å². The third-order valence-electron chi connectivity index (χ3n) is 5.63. The molecule has 4 aromatic rings. The van der Waals surface area contributed by atoms with Crippen molar-refractivity contribution in [1.29, 1.82) is 5.26 Å². The maximum absolute atomic E-state index is 14.4. The van der Waals surface area contributed by atoms with Crippen molar-refractivity contribution in [2.45, 2.75) is 18.9 Å². The zero-order valence-electron chi connectivity index (χ0n) is 17.0. The van der Waals surface area contributed by atoms with Crippen LogP contribution in [0.1, 0.15) is 28.1 Å². The fourth-order valence-corrected chi connectivity index (χ4v) is 5.15. The van der Waals surface area contributed by atoms with E-state index in [0.717, 1.165) is 28.8 Å². The summed E-state index contributed by atoms with van der Waals surface area (Å²) in [6.45, 7) is 1.20. The largest absolute Gasteiger partial charge is 0.336 e. The van der Waals surface area contributed by atoms with Gasteiger partial charge in [-0.1, -0.05) is 6.07 Å². The molecular weight excluding hydrogens is 427 g/mol. The molecular formula is C23H19FN6OS. The number of hydrogen-bond donors (Lipinski definition) is 1. The molecule has 1 saturated heterocycles. The summed E-state index contributed by atoms with van der Waals surface area (Å²) in [5.74, 6) is -0.666. The number of nitriles is 1. The molecule has 0 aliphatic carbocycles. The van der Waals surface area contributed by atoms with Crippen molar-refractivity contribution >= 4 is 22.9 Å². The van der Waals surface area contributed by atoms with E-state index in [1.807, 2.05) is 18.2 Å². The molecule has 4 heterocycles. The predicted molar refractivity (Wildman–Crippen MR) is 120 cm³/mol. The van der Waals surface area contributed by atoms with Crippen LogP contribution in [0.5, 0.6) is 0 Å². The van der Waals surface area contributed by atoms with E-state index in [1.165, 1.54) is 29.8 Å². The first-order valence-corrected chi connectivity index (χ1v) is 11.0. The van der Waals surface area contributed by atoms with Gasteiger partial charge in [0, 0.05) is 35.8 Å². The van der Waals surface area contributed by atoms with Gasteiger partial charge < -0.3 is 10.6 Å². The van der Waals surface area contributed by atoms with Crippen molar-refractivity contribution in [3.63, 3.8) is 0 Å². The summed E-state index contributed by atoms with van der Waals surface area (Å²) in [6.07, 6.45) is 5.06. The molecule has 5 rings (SSSR count). The minimum Gasteiger partial charge on any atom is -0.336 e. The molecule has 9 heteroatoms. The van der Waals surface area contributed by atoms with Gasteiger partial charge in [-0.2, -0.15) is 10.4 Å². The Bertz CT molecular complexity index is 1370. The highest BCUT2D eigenvalue weighted by atomic mass is 32.1. The van der Waals surface area contributed by atoms with Gasteiger partial charge in [0.05, 0.1) is 10.4 Å². The molecule has 0 unspecified atom stereocenters. The zero-order chi connectivity index (χ0) is 22.2. The number of piperidine rings is 1. The van der Waals surface area contributed by atoms with Gasteiger partial charge in [-0.05, 0) is 54.3 Å². The number of carbonyl (C=O) groups excluding carboxylic acids is 1. The first-order valence-electron chi connectivity index (χ1n) is 10.2. The van der Waals surface area contributed by atoms with Gasteiger partial charge in [0.2, 0.25) is 0 Å². The quantitative estimate of drug-likeness (QED) is 0.517. The van der Waals surface area contributed by atoms with Crippen LogP contribution in [0, 0.1) is 17.1 Å². The molecule has 1 fully saturated rings. The molecule has 1 aliphatic heterocycles. The van der Waals surface area contributed by atoms with Crippen LogP contribution in [0.4, 0.5) is 4.39 Å². The SMILES string of the molecule is N#Cc1ccc(-c2cc(C(=O)N3CCC[C@@H](N)C3)sc2-c2ccn3ncnc3c2)cc1F. The second kappa shape index (κ2) is 8.15.